The topological polar surface area (TPSA) is 83.1 Å². The maximum atomic E-state index is 12.5. The summed E-state index contributed by atoms with van der Waals surface area (Å²) in [5, 5.41) is 2.87. The Morgan fingerprint density at radius 3 is 2.24 bits per heavy atom. The molecule has 0 aliphatic heterocycles. The van der Waals surface area contributed by atoms with Gasteiger partial charge in [0.25, 0.3) is 0 Å². The van der Waals surface area contributed by atoms with Gasteiger partial charge in [-0.1, -0.05) is 36.4 Å². The molecule has 0 bridgehead atoms. The van der Waals surface area contributed by atoms with E-state index >= 15 is 0 Å². The molecular formula is C26H25NO6. The molecule has 0 atom stereocenters. The fourth-order valence-electron chi connectivity index (χ4n) is 3.04. The lowest BCUT2D eigenvalue weighted by Gasteiger charge is -2.13. The number of benzene rings is 3. The van der Waals surface area contributed by atoms with Crippen LogP contribution < -0.4 is 24.3 Å². The quantitative estimate of drug-likeness (QED) is 0.287. The van der Waals surface area contributed by atoms with E-state index in [-0.39, 0.29) is 18.3 Å². The first-order valence-electron chi connectivity index (χ1n) is 10.2. The van der Waals surface area contributed by atoms with Gasteiger partial charge in [-0.05, 0) is 42.0 Å². The fourth-order valence-corrected chi connectivity index (χ4v) is 3.04. The molecular weight excluding hydrogens is 422 g/mol. The first-order chi connectivity index (χ1) is 16.0. The van der Waals surface area contributed by atoms with Crippen molar-refractivity contribution in [1.82, 2.24) is 0 Å². The Labute approximate surface area is 192 Å². The SMILES string of the molecule is COc1ccccc1OCc1ccccc1NC(=O)/C=C/c1ccc(OC)c(OC(C)=O)c1. The Kier molecular flexibility index (Phi) is 8.07. The highest BCUT2D eigenvalue weighted by Gasteiger charge is 2.09. The second-order valence-corrected chi connectivity index (χ2v) is 6.92. The summed E-state index contributed by atoms with van der Waals surface area (Å²) in [7, 11) is 3.07. The third-order valence-corrected chi connectivity index (χ3v) is 4.60. The number of carbonyl (C=O) groups excluding carboxylic acids is 2. The molecule has 0 aromatic heterocycles. The molecule has 1 amide bonds. The number of anilines is 1. The highest BCUT2D eigenvalue weighted by molar-refractivity contribution is 6.02. The van der Waals surface area contributed by atoms with Crippen molar-refractivity contribution < 1.29 is 28.5 Å². The zero-order valence-electron chi connectivity index (χ0n) is 18.7. The van der Waals surface area contributed by atoms with Gasteiger partial charge in [0.15, 0.2) is 23.0 Å². The number of ether oxygens (including phenoxy) is 4. The number of methoxy groups -OCH3 is 2. The van der Waals surface area contributed by atoms with E-state index in [1.165, 1.54) is 20.1 Å². The fraction of sp³-hybridized carbons (Fsp3) is 0.154. The van der Waals surface area contributed by atoms with Crippen LogP contribution in [0, 0.1) is 0 Å². The van der Waals surface area contributed by atoms with Gasteiger partial charge in [0.2, 0.25) is 5.91 Å². The molecule has 0 radical (unpaired) electrons. The number of nitrogens with one attached hydrogen (secondary N) is 1. The van der Waals surface area contributed by atoms with Crippen LogP contribution in [0.3, 0.4) is 0 Å². The maximum Gasteiger partial charge on any atom is 0.308 e. The van der Waals surface area contributed by atoms with Crippen LogP contribution in [0.25, 0.3) is 6.08 Å². The Balaban J connectivity index is 1.68. The van der Waals surface area contributed by atoms with Crippen molar-refractivity contribution in [1.29, 1.82) is 0 Å². The van der Waals surface area contributed by atoms with E-state index in [1.54, 1.807) is 37.5 Å². The third kappa shape index (κ3) is 6.61. The average molecular weight is 447 g/mol. The maximum absolute atomic E-state index is 12.5. The summed E-state index contributed by atoms with van der Waals surface area (Å²) in [6, 6.07) is 19.8. The lowest BCUT2D eigenvalue weighted by Crippen LogP contribution is -2.11. The number of hydrogen-bond donors (Lipinski definition) is 1. The van der Waals surface area contributed by atoms with Gasteiger partial charge in [0.05, 0.1) is 14.2 Å². The van der Waals surface area contributed by atoms with Crippen molar-refractivity contribution in [3.63, 3.8) is 0 Å². The number of para-hydroxylation sites is 3. The second kappa shape index (κ2) is 11.4. The molecule has 0 saturated carbocycles. The van der Waals surface area contributed by atoms with E-state index in [9.17, 15) is 9.59 Å². The summed E-state index contributed by atoms with van der Waals surface area (Å²) in [5.41, 5.74) is 2.12. The van der Waals surface area contributed by atoms with Gasteiger partial charge < -0.3 is 24.3 Å². The molecule has 3 aromatic rings. The van der Waals surface area contributed by atoms with Crippen molar-refractivity contribution in [3.8, 4) is 23.0 Å². The van der Waals surface area contributed by atoms with Gasteiger partial charge in [-0.15, -0.1) is 0 Å². The number of amides is 1. The minimum Gasteiger partial charge on any atom is -0.493 e. The van der Waals surface area contributed by atoms with E-state index in [1.807, 2.05) is 42.5 Å². The van der Waals surface area contributed by atoms with Crippen LogP contribution in [0.4, 0.5) is 5.69 Å². The van der Waals surface area contributed by atoms with Gasteiger partial charge in [0.1, 0.15) is 6.61 Å². The summed E-state index contributed by atoms with van der Waals surface area (Å²) >= 11 is 0. The zero-order chi connectivity index (χ0) is 23.6. The molecule has 0 unspecified atom stereocenters. The molecule has 0 fully saturated rings. The van der Waals surface area contributed by atoms with Gasteiger partial charge in [0, 0.05) is 24.3 Å². The summed E-state index contributed by atoms with van der Waals surface area (Å²) in [4.78, 5) is 23.8. The normalized spacial score (nSPS) is 10.5. The van der Waals surface area contributed by atoms with Gasteiger partial charge >= 0.3 is 5.97 Å². The van der Waals surface area contributed by atoms with Crippen LogP contribution in [-0.4, -0.2) is 26.1 Å². The van der Waals surface area contributed by atoms with E-state index in [4.69, 9.17) is 18.9 Å². The van der Waals surface area contributed by atoms with Crippen LogP contribution in [-0.2, 0) is 16.2 Å². The molecule has 7 nitrogen and oxygen atoms in total. The number of esters is 1. The largest absolute Gasteiger partial charge is 0.493 e. The monoisotopic (exact) mass is 447 g/mol. The molecule has 33 heavy (non-hydrogen) atoms. The summed E-state index contributed by atoms with van der Waals surface area (Å²) in [6.45, 7) is 1.56. The van der Waals surface area contributed by atoms with Crippen molar-refractivity contribution in [2.75, 3.05) is 19.5 Å². The first-order valence-corrected chi connectivity index (χ1v) is 10.2. The number of hydrogen-bond acceptors (Lipinski definition) is 6. The first kappa shape index (κ1) is 23.4. The number of rotatable bonds is 9. The molecule has 7 heteroatoms. The molecule has 0 aliphatic rings. The van der Waals surface area contributed by atoms with E-state index in [0.717, 1.165) is 5.56 Å². The molecule has 170 valence electrons. The van der Waals surface area contributed by atoms with Crippen LogP contribution in [0.5, 0.6) is 23.0 Å². The minimum atomic E-state index is -0.459. The molecule has 0 heterocycles. The average Bonchev–Trinajstić information content (AvgIpc) is 2.82. The number of carbonyl (C=O) groups is 2. The van der Waals surface area contributed by atoms with E-state index in [0.29, 0.717) is 28.5 Å². The Hall–Kier alpha value is -4.26. The summed E-state index contributed by atoms with van der Waals surface area (Å²) in [6.07, 6.45) is 3.02. The van der Waals surface area contributed by atoms with E-state index < -0.39 is 5.97 Å². The smallest absolute Gasteiger partial charge is 0.308 e. The third-order valence-electron chi connectivity index (χ3n) is 4.60. The standard InChI is InChI=1S/C26H25NO6/c1-18(28)33-25-16-19(12-14-23(25)31-3)13-15-26(29)27-21-9-5-4-8-20(21)17-32-24-11-7-6-10-22(24)30-2/h4-16H,17H2,1-3H3,(H,27,29)/b15-13+. The van der Waals surface area contributed by atoms with Crippen molar-refractivity contribution in [2.45, 2.75) is 13.5 Å². The second-order valence-electron chi connectivity index (χ2n) is 6.92. The van der Waals surface area contributed by atoms with Crippen LogP contribution in [0.15, 0.2) is 72.8 Å². The summed E-state index contributed by atoms with van der Waals surface area (Å²) in [5.74, 6) is 1.18. The molecule has 3 aromatic carbocycles. The predicted molar refractivity (Wildman–Crippen MR) is 126 cm³/mol. The Morgan fingerprint density at radius 1 is 0.848 bits per heavy atom. The molecule has 3 rings (SSSR count). The van der Waals surface area contributed by atoms with Crippen molar-refractivity contribution in [2.24, 2.45) is 0 Å². The molecule has 0 aliphatic carbocycles. The molecule has 0 saturated heterocycles. The Morgan fingerprint density at radius 2 is 1.52 bits per heavy atom. The van der Waals surface area contributed by atoms with Gasteiger partial charge in [-0.3, -0.25) is 9.59 Å². The lowest BCUT2D eigenvalue weighted by molar-refractivity contribution is -0.132. The van der Waals surface area contributed by atoms with E-state index in [2.05, 4.69) is 5.32 Å². The predicted octanol–water partition coefficient (Wildman–Crippen LogP) is 4.86. The van der Waals surface area contributed by atoms with Gasteiger partial charge in [-0.2, -0.15) is 0 Å². The van der Waals surface area contributed by atoms with Gasteiger partial charge in [-0.25, -0.2) is 0 Å². The van der Waals surface area contributed by atoms with Crippen LogP contribution in [0.1, 0.15) is 18.1 Å². The lowest BCUT2D eigenvalue weighted by atomic mass is 10.1. The Bertz CT molecular complexity index is 1160. The van der Waals surface area contributed by atoms with Crippen LogP contribution >= 0.6 is 0 Å². The van der Waals surface area contributed by atoms with Crippen molar-refractivity contribution >= 4 is 23.6 Å². The zero-order valence-corrected chi connectivity index (χ0v) is 18.7. The van der Waals surface area contributed by atoms with Crippen molar-refractivity contribution in [3.05, 3.63) is 83.9 Å². The molecule has 1 N–H and O–H groups in total. The van der Waals surface area contributed by atoms with Crippen LogP contribution in [0.2, 0.25) is 0 Å². The highest BCUT2D eigenvalue weighted by Crippen LogP contribution is 2.29. The minimum absolute atomic E-state index is 0.255. The highest BCUT2D eigenvalue weighted by atomic mass is 16.6. The summed E-state index contributed by atoms with van der Waals surface area (Å²) < 4.78 is 21.5. The molecule has 0 spiro atoms.